The Kier molecular flexibility index (Phi) is 3.89. The zero-order valence-corrected chi connectivity index (χ0v) is 11.7. The van der Waals surface area contributed by atoms with E-state index in [1.807, 2.05) is 0 Å². The smallest absolute Gasteiger partial charge is 0.250 e. The van der Waals surface area contributed by atoms with Crippen LogP contribution >= 0.6 is 15.9 Å². The number of benzene rings is 2. The van der Waals surface area contributed by atoms with E-state index >= 15 is 0 Å². The predicted molar refractivity (Wildman–Crippen MR) is 76.7 cm³/mol. The van der Waals surface area contributed by atoms with E-state index in [2.05, 4.69) is 21.2 Å². The van der Waals surface area contributed by atoms with E-state index in [4.69, 9.17) is 11.5 Å². The number of carbonyl (C=O) groups excluding carboxylic acids is 1. The Balaban J connectivity index is 2.43. The monoisotopic (exact) mass is 341 g/mol. The second-order valence-corrected chi connectivity index (χ2v) is 4.86. The molecule has 4 nitrogen and oxygen atoms in total. The SMILES string of the molecule is NC(=O)c1cccc(Nc2cc(F)c(Br)cc2F)c1N. The molecule has 2 rings (SSSR count). The van der Waals surface area contributed by atoms with Crippen LogP contribution in [0.1, 0.15) is 10.4 Å². The summed E-state index contributed by atoms with van der Waals surface area (Å²) in [6.07, 6.45) is 0. The molecule has 0 radical (unpaired) electrons. The number of hydrogen-bond donors (Lipinski definition) is 3. The van der Waals surface area contributed by atoms with Crippen LogP contribution in [0.5, 0.6) is 0 Å². The van der Waals surface area contributed by atoms with Gasteiger partial charge in [-0.3, -0.25) is 4.79 Å². The van der Waals surface area contributed by atoms with Gasteiger partial charge in [0.15, 0.2) is 0 Å². The topological polar surface area (TPSA) is 81.1 Å². The van der Waals surface area contributed by atoms with Crippen molar-refractivity contribution in [3.05, 3.63) is 52.0 Å². The van der Waals surface area contributed by atoms with Gasteiger partial charge in [0.2, 0.25) is 0 Å². The lowest BCUT2D eigenvalue weighted by Gasteiger charge is -2.12. The Morgan fingerprint density at radius 3 is 2.50 bits per heavy atom. The molecule has 0 saturated heterocycles. The Hall–Kier alpha value is -2.15. The average Bonchev–Trinajstić information content (AvgIpc) is 2.37. The molecular weight excluding hydrogens is 332 g/mol. The van der Waals surface area contributed by atoms with Gasteiger partial charge in [-0.15, -0.1) is 0 Å². The molecule has 0 bridgehead atoms. The number of halogens is 3. The minimum Gasteiger partial charge on any atom is -0.396 e. The third-order valence-electron chi connectivity index (χ3n) is 2.65. The van der Waals surface area contributed by atoms with Crippen molar-refractivity contribution in [3.8, 4) is 0 Å². The van der Waals surface area contributed by atoms with Gasteiger partial charge in [-0.25, -0.2) is 8.78 Å². The molecule has 20 heavy (non-hydrogen) atoms. The fourth-order valence-electron chi connectivity index (χ4n) is 1.65. The zero-order valence-electron chi connectivity index (χ0n) is 10.1. The number of amides is 1. The number of primary amides is 1. The summed E-state index contributed by atoms with van der Waals surface area (Å²) < 4.78 is 27.1. The van der Waals surface area contributed by atoms with Crippen molar-refractivity contribution in [1.82, 2.24) is 0 Å². The maximum atomic E-state index is 13.7. The standard InChI is InChI=1S/C13H10BrF2N3O/c14-7-4-9(16)11(5-8(7)15)19-10-3-1-2-6(12(10)17)13(18)20/h1-5,19H,17H2,(H2,18,20). The molecule has 0 aliphatic carbocycles. The number of nitrogen functional groups attached to an aromatic ring is 1. The third kappa shape index (κ3) is 2.72. The first-order valence-corrected chi connectivity index (χ1v) is 6.29. The molecule has 2 aromatic rings. The molecule has 0 spiro atoms. The summed E-state index contributed by atoms with van der Waals surface area (Å²) in [5.74, 6) is -1.99. The van der Waals surface area contributed by atoms with Crippen molar-refractivity contribution in [3.63, 3.8) is 0 Å². The summed E-state index contributed by atoms with van der Waals surface area (Å²) in [5.41, 5.74) is 11.3. The van der Waals surface area contributed by atoms with Crippen LogP contribution in [-0.2, 0) is 0 Å². The first-order valence-electron chi connectivity index (χ1n) is 5.50. The number of para-hydroxylation sites is 1. The van der Waals surface area contributed by atoms with Crippen LogP contribution in [0.2, 0.25) is 0 Å². The maximum Gasteiger partial charge on any atom is 0.250 e. The van der Waals surface area contributed by atoms with E-state index in [9.17, 15) is 13.6 Å². The largest absolute Gasteiger partial charge is 0.396 e. The van der Waals surface area contributed by atoms with E-state index in [0.717, 1.165) is 12.1 Å². The van der Waals surface area contributed by atoms with Gasteiger partial charge in [0.25, 0.3) is 5.91 Å². The molecule has 7 heteroatoms. The highest BCUT2D eigenvalue weighted by atomic mass is 79.9. The molecule has 0 aromatic heterocycles. The maximum absolute atomic E-state index is 13.7. The van der Waals surface area contributed by atoms with Crippen LogP contribution in [0.25, 0.3) is 0 Å². The quantitative estimate of drug-likeness (QED) is 0.592. The molecule has 2 aromatic carbocycles. The van der Waals surface area contributed by atoms with Gasteiger partial charge >= 0.3 is 0 Å². The molecule has 0 aliphatic heterocycles. The Morgan fingerprint density at radius 1 is 1.15 bits per heavy atom. The van der Waals surface area contributed by atoms with Crippen molar-refractivity contribution >= 4 is 38.9 Å². The molecule has 0 unspecified atom stereocenters. The number of nitrogens with one attached hydrogen (secondary N) is 1. The normalized spacial score (nSPS) is 10.3. The van der Waals surface area contributed by atoms with Gasteiger partial charge in [-0.05, 0) is 34.1 Å². The second-order valence-electron chi connectivity index (χ2n) is 4.00. The van der Waals surface area contributed by atoms with E-state index in [-0.39, 0.29) is 27.1 Å². The summed E-state index contributed by atoms with van der Waals surface area (Å²) in [4.78, 5) is 11.2. The zero-order chi connectivity index (χ0) is 14.9. The van der Waals surface area contributed by atoms with E-state index in [0.29, 0.717) is 0 Å². The number of rotatable bonds is 3. The van der Waals surface area contributed by atoms with Crippen LogP contribution in [-0.4, -0.2) is 5.91 Å². The number of carbonyl (C=O) groups is 1. The molecule has 5 N–H and O–H groups in total. The minimum atomic E-state index is -0.700. The molecule has 0 fully saturated rings. The Labute approximate surface area is 121 Å². The van der Waals surface area contributed by atoms with Crippen LogP contribution < -0.4 is 16.8 Å². The lowest BCUT2D eigenvalue weighted by molar-refractivity contribution is 0.100. The van der Waals surface area contributed by atoms with Gasteiger partial charge in [-0.2, -0.15) is 0 Å². The second kappa shape index (κ2) is 5.46. The van der Waals surface area contributed by atoms with Gasteiger partial charge in [0.1, 0.15) is 11.6 Å². The van der Waals surface area contributed by atoms with E-state index in [1.165, 1.54) is 18.2 Å². The molecule has 0 saturated carbocycles. The molecular formula is C13H10BrF2N3O. The van der Waals surface area contributed by atoms with E-state index < -0.39 is 17.5 Å². The minimum absolute atomic E-state index is 0.0133. The van der Waals surface area contributed by atoms with E-state index in [1.54, 1.807) is 0 Å². The van der Waals surface area contributed by atoms with Gasteiger partial charge in [-0.1, -0.05) is 6.07 Å². The predicted octanol–water partition coefficient (Wildman–Crippen LogP) is 3.15. The summed E-state index contributed by atoms with van der Waals surface area (Å²) in [6.45, 7) is 0. The van der Waals surface area contributed by atoms with Crippen molar-refractivity contribution < 1.29 is 13.6 Å². The molecule has 0 heterocycles. The molecule has 0 atom stereocenters. The van der Waals surface area contributed by atoms with Crippen molar-refractivity contribution in [1.29, 1.82) is 0 Å². The molecule has 0 aliphatic rings. The summed E-state index contributed by atoms with van der Waals surface area (Å²) in [5, 5.41) is 2.64. The number of anilines is 3. The number of hydrogen-bond acceptors (Lipinski definition) is 3. The van der Waals surface area contributed by atoms with Crippen LogP contribution in [0.4, 0.5) is 25.8 Å². The summed E-state index contributed by atoms with van der Waals surface area (Å²) in [7, 11) is 0. The molecule has 1 amide bonds. The first kappa shape index (κ1) is 14.3. The van der Waals surface area contributed by atoms with Crippen molar-refractivity contribution in [2.75, 3.05) is 11.1 Å². The Bertz CT molecular complexity index is 692. The van der Waals surface area contributed by atoms with Gasteiger partial charge in [0, 0.05) is 6.07 Å². The number of nitrogens with two attached hydrogens (primary N) is 2. The molecule has 104 valence electrons. The Morgan fingerprint density at radius 2 is 1.85 bits per heavy atom. The highest BCUT2D eigenvalue weighted by molar-refractivity contribution is 9.10. The average molecular weight is 342 g/mol. The highest BCUT2D eigenvalue weighted by Gasteiger charge is 2.13. The fourth-order valence-corrected chi connectivity index (χ4v) is 1.97. The first-order chi connectivity index (χ1) is 9.40. The lowest BCUT2D eigenvalue weighted by Crippen LogP contribution is -2.14. The van der Waals surface area contributed by atoms with Gasteiger partial charge < -0.3 is 16.8 Å². The summed E-state index contributed by atoms with van der Waals surface area (Å²) in [6, 6.07) is 6.48. The fraction of sp³-hybridized carbons (Fsp3) is 0. The highest BCUT2D eigenvalue weighted by Crippen LogP contribution is 2.29. The van der Waals surface area contributed by atoms with Crippen LogP contribution in [0, 0.1) is 11.6 Å². The van der Waals surface area contributed by atoms with Gasteiger partial charge in [0.05, 0.1) is 27.1 Å². The van der Waals surface area contributed by atoms with Crippen LogP contribution in [0.15, 0.2) is 34.8 Å². The lowest BCUT2D eigenvalue weighted by atomic mass is 10.1. The van der Waals surface area contributed by atoms with Crippen LogP contribution in [0.3, 0.4) is 0 Å². The van der Waals surface area contributed by atoms with Crippen molar-refractivity contribution in [2.24, 2.45) is 5.73 Å². The summed E-state index contributed by atoms with van der Waals surface area (Å²) >= 11 is 2.88. The van der Waals surface area contributed by atoms with Crippen molar-refractivity contribution in [2.45, 2.75) is 0 Å². The third-order valence-corrected chi connectivity index (χ3v) is 3.26.